The normalized spacial score (nSPS) is 12.8. The molecule has 0 bridgehead atoms. The molecule has 0 radical (unpaired) electrons. The Balaban J connectivity index is 1.92. The smallest absolute Gasteiger partial charge is 0.245 e. The lowest BCUT2D eigenvalue weighted by Gasteiger charge is -2.23. The lowest BCUT2D eigenvalue weighted by atomic mass is 10.2. The number of nitrogens with one attached hydrogen (secondary N) is 2. The molecule has 214 valence electrons. The number of nitrogens with zero attached hydrogens (tertiary/aromatic N) is 5. The van der Waals surface area contributed by atoms with Crippen LogP contribution in [0.1, 0.15) is 39.3 Å². The summed E-state index contributed by atoms with van der Waals surface area (Å²) in [6, 6.07) is 3.73. The van der Waals surface area contributed by atoms with Crippen LogP contribution in [0.3, 0.4) is 0 Å². The quantitative estimate of drug-likeness (QED) is 0.0927. The molecule has 0 aliphatic rings. The molecule has 0 amide bonds. The molecule has 9 nitrogen and oxygen atoms in total. The summed E-state index contributed by atoms with van der Waals surface area (Å²) >= 11 is 0. The molecule has 2 heterocycles. The Kier molecular flexibility index (Phi) is 15.0. The molecule has 10 heteroatoms. The van der Waals surface area contributed by atoms with E-state index in [1.165, 1.54) is 0 Å². The first-order valence-electron chi connectivity index (χ1n) is 13.3. The van der Waals surface area contributed by atoms with E-state index in [4.69, 9.17) is 4.74 Å². The minimum absolute atomic E-state index is 0.187. The second-order valence-corrected chi connectivity index (χ2v) is 8.53. The number of hydrazone groups is 1. The van der Waals surface area contributed by atoms with Gasteiger partial charge in [0, 0.05) is 26.7 Å². The average Bonchev–Trinajstić information content (AvgIpc) is 2.96. The molecule has 0 aliphatic heterocycles. The van der Waals surface area contributed by atoms with Gasteiger partial charge in [-0.25, -0.2) is 14.8 Å². The van der Waals surface area contributed by atoms with Crippen LogP contribution in [0.2, 0.25) is 0 Å². The molecular weight excluding hydrogens is 509 g/mol. The topological polar surface area (TPSA) is 108 Å². The van der Waals surface area contributed by atoms with E-state index in [-0.39, 0.29) is 17.5 Å². The zero-order chi connectivity index (χ0) is 29.0. The fraction of sp³-hybridized carbons (Fsp3) is 0.333. The Morgan fingerprint density at radius 3 is 2.70 bits per heavy atom. The van der Waals surface area contributed by atoms with E-state index in [2.05, 4.69) is 43.8 Å². The van der Waals surface area contributed by atoms with Crippen LogP contribution >= 0.6 is 0 Å². The summed E-state index contributed by atoms with van der Waals surface area (Å²) in [7, 11) is 1.61. The van der Waals surface area contributed by atoms with Crippen molar-refractivity contribution in [2.75, 3.05) is 49.0 Å². The number of anilines is 3. The Labute approximate surface area is 236 Å². The van der Waals surface area contributed by atoms with E-state index >= 15 is 0 Å². The fourth-order valence-electron chi connectivity index (χ4n) is 3.40. The van der Waals surface area contributed by atoms with Crippen LogP contribution in [0.5, 0.6) is 0 Å². The summed E-state index contributed by atoms with van der Waals surface area (Å²) in [5.41, 5.74) is 5.24. The summed E-state index contributed by atoms with van der Waals surface area (Å²) < 4.78 is 19.5. The van der Waals surface area contributed by atoms with Gasteiger partial charge in [0.2, 0.25) is 5.95 Å². The Morgan fingerprint density at radius 2 is 2.00 bits per heavy atom. The highest BCUT2D eigenvalue weighted by Gasteiger charge is 2.14. The van der Waals surface area contributed by atoms with Gasteiger partial charge < -0.3 is 20.1 Å². The van der Waals surface area contributed by atoms with Crippen molar-refractivity contribution in [3.05, 3.63) is 96.0 Å². The predicted octanol–water partition coefficient (Wildman–Crippen LogP) is 6.20. The van der Waals surface area contributed by atoms with Gasteiger partial charge in [-0.15, -0.1) is 0 Å². The molecule has 0 saturated heterocycles. The molecule has 0 unspecified atom stereocenters. The van der Waals surface area contributed by atoms with Crippen molar-refractivity contribution >= 4 is 23.7 Å². The number of pyridine rings is 1. The number of aromatic nitrogens is 3. The van der Waals surface area contributed by atoms with Crippen molar-refractivity contribution in [2.24, 2.45) is 5.10 Å². The molecule has 2 aromatic heterocycles. The van der Waals surface area contributed by atoms with Gasteiger partial charge in [0.25, 0.3) is 0 Å². The molecule has 0 atom stereocenters. The Bertz CT molecular complexity index is 1210. The van der Waals surface area contributed by atoms with Crippen molar-refractivity contribution in [3.63, 3.8) is 0 Å². The summed E-state index contributed by atoms with van der Waals surface area (Å²) in [5, 5.41) is 17.3. The molecule has 0 saturated carbocycles. The fourth-order valence-corrected chi connectivity index (χ4v) is 3.40. The van der Waals surface area contributed by atoms with Crippen LogP contribution in [0.25, 0.3) is 0 Å². The number of methoxy groups -OCH3 is 1. The Morgan fingerprint density at radius 1 is 1.15 bits per heavy atom. The number of rotatable bonds is 17. The third kappa shape index (κ3) is 12.0. The lowest BCUT2D eigenvalue weighted by Crippen LogP contribution is -2.30. The van der Waals surface area contributed by atoms with Gasteiger partial charge in [-0.1, -0.05) is 50.3 Å². The number of aliphatic hydroxyl groups excluding tert-OH is 1. The summed E-state index contributed by atoms with van der Waals surface area (Å²) in [5.74, 6) is 0.0980. The molecular formula is C30H40FN7O2. The largest absolute Gasteiger partial charge is 0.508 e. The first-order chi connectivity index (χ1) is 19.5. The maximum Gasteiger partial charge on any atom is 0.245 e. The standard InChI is InChI=1S/C30H40FN7O2/c1-5-8-12-27(39)16-13-24(10-6-2)11-9-17-32-25-14-15-26(33-21-25)22-35-37-30-34-23-28(31)29(36-30)38(18-7-3)19-20-40-4/h5,8-16,21-23,32,39H,6-7,17-20H2,1-4H3,(H,34,36,37)/b8-5-,11-9-,16-13+,24-10+,27-12+,35-22+. The Hall–Kier alpha value is -4.31. The van der Waals surface area contributed by atoms with Gasteiger partial charge in [-0.3, -0.25) is 4.98 Å². The number of hydrogen-bond donors (Lipinski definition) is 3. The van der Waals surface area contributed by atoms with Crippen LogP contribution in [0.15, 0.2) is 89.6 Å². The minimum Gasteiger partial charge on any atom is -0.508 e. The summed E-state index contributed by atoms with van der Waals surface area (Å²) in [6.07, 6.45) is 21.0. The molecule has 0 aromatic carbocycles. The van der Waals surface area contributed by atoms with Gasteiger partial charge in [0.05, 0.1) is 36.6 Å². The van der Waals surface area contributed by atoms with Crippen LogP contribution < -0.4 is 15.6 Å². The zero-order valence-electron chi connectivity index (χ0n) is 23.7. The number of hydrogen-bond acceptors (Lipinski definition) is 9. The van der Waals surface area contributed by atoms with E-state index in [9.17, 15) is 9.50 Å². The lowest BCUT2D eigenvalue weighted by molar-refractivity contribution is 0.205. The summed E-state index contributed by atoms with van der Waals surface area (Å²) in [4.78, 5) is 14.5. The number of ether oxygens (including phenoxy) is 1. The van der Waals surface area contributed by atoms with Gasteiger partial charge in [0.15, 0.2) is 11.6 Å². The maximum absolute atomic E-state index is 14.4. The predicted molar refractivity (Wildman–Crippen MR) is 162 cm³/mol. The van der Waals surface area contributed by atoms with E-state index in [1.54, 1.807) is 37.7 Å². The third-order valence-electron chi connectivity index (χ3n) is 5.31. The average molecular weight is 550 g/mol. The second-order valence-electron chi connectivity index (χ2n) is 8.53. The van der Waals surface area contributed by atoms with Crippen molar-refractivity contribution in [1.82, 2.24) is 15.0 Å². The molecule has 2 aromatic rings. The van der Waals surface area contributed by atoms with Crippen molar-refractivity contribution in [2.45, 2.75) is 33.6 Å². The summed E-state index contributed by atoms with van der Waals surface area (Å²) in [6.45, 7) is 8.22. The van der Waals surface area contributed by atoms with Gasteiger partial charge in [-0.2, -0.15) is 10.1 Å². The van der Waals surface area contributed by atoms with E-state index in [1.807, 2.05) is 55.2 Å². The van der Waals surface area contributed by atoms with Crippen molar-refractivity contribution in [3.8, 4) is 0 Å². The maximum atomic E-state index is 14.4. The number of halogens is 1. The molecule has 3 N–H and O–H groups in total. The first-order valence-corrected chi connectivity index (χ1v) is 13.3. The molecule has 0 aliphatic carbocycles. The van der Waals surface area contributed by atoms with Crippen LogP contribution in [0, 0.1) is 5.82 Å². The SMILES string of the molecule is C\C=C/C=C(O)\C=C\C(\C=C/CNc1ccc(/C=N/Nc2ncc(F)c(N(CCC)CCOC)n2)nc1)=C\CC. The van der Waals surface area contributed by atoms with E-state index < -0.39 is 5.82 Å². The van der Waals surface area contributed by atoms with Gasteiger partial charge in [-0.05, 0) is 49.6 Å². The molecule has 2 rings (SSSR count). The monoisotopic (exact) mass is 549 g/mol. The first kappa shape index (κ1) is 31.9. The molecule has 40 heavy (non-hydrogen) atoms. The highest BCUT2D eigenvalue weighted by molar-refractivity contribution is 5.77. The van der Waals surface area contributed by atoms with Crippen molar-refractivity contribution in [1.29, 1.82) is 0 Å². The van der Waals surface area contributed by atoms with Gasteiger partial charge in [0.1, 0.15) is 5.76 Å². The zero-order valence-corrected chi connectivity index (χ0v) is 23.7. The third-order valence-corrected chi connectivity index (χ3v) is 5.31. The number of allylic oxidation sites excluding steroid dienone is 8. The van der Waals surface area contributed by atoms with E-state index in [0.717, 1.165) is 30.3 Å². The van der Waals surface area contributed by atoms with Crippen molar-refractivity contribution < 1.29 is 14.2 Å². The molecule has 0 fully saturated rings. The number of aliphatic hydroxyl groups is 1. The highest BCUT2D eigenvalue weighted by atomic mass is 19.1. The van der Waals surface area contributed by atoms with Gasteiger partial charge >= 0.3 is 0 Å². The van der Waals surface area contributed by atoms with Crippen LogP contribution in [-0.2, 0) is 4.74 Å². The minimum atomic E-state index is -0.496. The van der Waals surface area contributed by atoms with Crippen LogP contribution in [0.4, 0.5) is 21.8 Å². The second kappa shape index (κ2) is 18.9. The molecule has 0 spiro atoms. The highest BCUT2D eigenvalue weighted by Crippen LogP contribution is 2.17. The van der Waals surface area contributed by atoms with E-state index in [0.29, 0.717) is 31.9 Å². The van der Waals surface area contributed by atoms with Crippen LogP contribution in [-0.4, -0.2) is 59.6 Å².